The average Bonchev–Trinajstić information content (AvgIpc) is 2.59. The topological polar surface area (TPSA) is 29.0 Å². The lowest BCUT2D eigenvalue weighted by atomic mass is 9.93. The Morgan fingerprint density at radius 1 is 1.31 bits per heavy atom. The molecule has 0 unspecified atom stereocenters. The largest absolute Gasteiger partial charge is 0.340 e. The highest BCUT2D eigenvalue weighted by molar-refractivity contribution is 5.32. The van der Waals surface area contributed by atoms with E-state index >= 15 is 0 Å². The highest BCUT2D eigenvalue weighted by Gasteiger charge is 2.30. The van der Waals surface area contributed by atoms with Crippen molar-refractivity contribution in [1.29, 1.82) is 0 Å². The van der Waals surface area contributed by atoms with Crippen molar-refractivity contribution in [3.63, 3.8) is 0 Å². The van der Waals surface area contributed by atoms with Gasteiger partial charge in [-0.2, -0.15) is 0 Å². The molecule has 1 aliphatic rings. The summed E-state index contributed by atoms with van der Waals surface area (Å²) >= 11 is 0. The third-order valence-electron chi connectivity index (χ3n) is 2.87. The van der Waals surface area contributed by atoms with Gasteiger partial charge in [-0.1, -0.05) is 13.8 Å². The van der Waals surface area contributed by atoms with Crippen molar-refractivity contribution in [3.05, 3.63) is 18.0 Å². The molecule has 88 valence electrons. The van der Waals surface area contributed by atoms with Crippen LogP contribution in [-0.2, 0) is 0 Å². The minimum Gasteiger partial charge on any atom is -0.340 e. The molecule has 2 heterocycles. The van der Waals surface area contributed by atoms with Crippen LogP contribution in [0.5, 0.6) is 0 Å². The summed E-state index contributed by atoms with van der Waals surface area (Å²) in [6.07, 6.45) is 0.993. The Balaban J connectivity index is 2.11. The highest BCUT2D eigenvalue weighted by Crippen LogP contribution is 2.30. The van der Waals surface area contributed by atoms with Gasteiger partial charge in [0.25, 0.3) is 6.43 Å². The summed E-state index contributed by atoms with van der Waals surface area (Å²) in [4.78, 5) is 10.0. The van der Waals surface area contributed by atoms with Gasteiger partial charge in [-0.05, 0) is 11.8 Å². The molecule has 2 rings (SSSR count). The quantitative estimate of drug-likeness (QED) is 0.777. The Morgan fingerprint density at radius 2 is 1.94 bits per heavy atom. The zero-order valence-electron chi connectivity index (χ0n) is 9.45. The zero-order chi connectivity index (χ0) is 11.8. The number of anilines is 1. The number of rotatable bonds is 2. The van der Waals surface area contributed by atoms with E-state index in [9.17, 15) is 8.78 Å². The second-order valence-electron chi connectivity index (χ2n) is 4.95. The van der Waals surface area contributed by atoms with E-state index in [0.717, 1.165) is 19.5 Å². The first-order chi connectivity index (χ1) is 7.48. The Bertz CT molecular complexity index is 362. The van der Waals surface area contributed by atoms with E-state index in [0.29, 0.717) is 5.95 Å². The first-order valence-electron chi connectivity index (χ1n) is 5.33. The van der Waals surface area contributed by atoms with Gasteiger partial charge in [-0.3, -0.25) is 0 Å². The summed E-state index contributed by atoms with van der Waals surface area (Å²) in [5.74, 6) is 0.551. The van der Waals surface area contributed by atoms with Gasteiger partial charge in [0.1, 0.15) is 0 Å². The van der Waals surface area contributed by atoms with E-state index in [1.54, 1.807) is 0 Å². The van der Waals surface area contributed by atoms with Crippen LogP contribution in [0.15, 0.2) is 12.4 Å². The summed E-state index contributed by atoms with van der Waals surface area (Å²) in [6.45, 7) is 6.13. The van der Waals surface area contributed by atoms with Crippen LogP contribution in [0.3, 0.4) is 0 Å². The predicted octanol–water partition coefficient (Wildman–Crippen LogP) is 2.65. The van der Waals surface area contributed by atoms with Crippen LogP contribution >= 0.6 is 0 Å². The Labute approximate surface area is 93.5 Å². The van der Waals surface area contributed by atoms with Gasteiger partial charge in [0.2, 0.25) is 5.95 Å². The van der Waals surface area contributed by atoms with Crippen molar-refractivity contribution in [2.75, 3.05) is 18.0 Å². The first kappa shape index (κ1) is 11.2. The predicted molar refractivity (Wildman–Crippen MR) is 57.6 cm³/mol. The van der Waals surface area contributed by atoms with E-state index in [2.05, 4.69) is 23.8 Å². The summed E-state index contributed by atoms with van der Waals surface area (Å²) < 4.78 is 24.6. The monoisotopic (exact) mass is 227 g/mol. The fraction of sp³-hybridized carbons (Fsp3) is 0.636. The molecule has 1 fully saturated rings. The molecule has 0 aliphatic carbocycles. The van der Waals surface area contributed by atoms with Gasteiger partial charge in [-0.25, -0.2) is 18.7 Å². The van der Waals surface area contributed by atoms with Gasteiger partial charge >= 0.3 is 0 Å². The minimum absolute atomic E-state index is 0.123. The standard InChI is InChI=1S/C11H15F2N3/c1-11(2)3-4-16(7-11)10-14-5-8(6-15-10)9(12)13/h5-6,9H,3-4,7H2,1-2H3. The van der Waals surface area contributed by atoms with Gasteiger partial charge in [0.05, 0.1) is 5.56 Å². The van der Waals surface area contributed by atoms with E-state index < -0.39 is 6.43 Å². The minimum atomic E-state index is -2.50. The SMILES string of the molecule is CC1(C)CCN(c2ncc(C(F)F)cn2)C1. The summed E-state index contributed by atoms with van der Waals surface area (Å²) in [6, 6.07) is 0. The van der Waals surface area contributed by atoms with E-state index in [4.69, 9.17) is 0 Å². The lowest BCUT2D eigenvalue weighted by Gasteiger charge is -2.19. The molecule has 0 N–H and O–H groups in total. The molecule has 1 aliphatic heterocycles. The number of hydrogen-bond acceptors (Lipinski definition) is 3. The molecule has 5 heteroatoms. The lowest BCUT2D eigenvalue weighted by molar-refractivity contribution is 0.150. The van der Waals surface area contributed by atoms with Crippen LogP contribution in [-0.4, -0.2) is 23.1 Å². The number of aromatic nitrogens is 2. The van der Waals surface area contributed by atoms with Crippen molar-refractivity contribution in [2.24, 2.45) is 5.41 Å². The molecule has 0 aromatic carbocycles. The third kappa shape index (κ3) is 2.28. The van der Waals surface area contributed by atoms with E-state index in [1.807, 2.05) is 4.90 Å². The van der Waals surface area contributed by atoms with Crippen LogP contribution in [0.2, 0.25) is 0 Å². The lowest BCUT2D eigenvalue weighted by Crippen LogP contribution is -2.24. The summed E-state index contributed by atoms with van der Waals surface area (Å²) in [5.41, 5.74) is 0.132. The Hall–Kier alpha value is -1.26. The normalized spacial score (nSPS) is 19.4. The molecule has 0 amide bonds. The number of hydrogen-bond donors (Lipinski definition) is 0. The van der Waals surface area contributed by atoms with Crippen LogP contribution in [0.4, 0.5) is 14.7 Å². The van der Waals surface area contributed by atoms with Crippen molar-refractivity contribution < 1.29 is 8.78 Å². The molecule has 3 nitrogen and oxygen atoms in total. The molecular formula is C11H15F2N3. The molecule has 0 spiro atoms. The molecule has 1 aromatic heterocycles. The number of halogens is 2. The zero-order valence-corrected chi connectivity index (χ0v) is 9.45. The molecule has 0 saturated carbocycles. The Kier molecular flexibility index (Phi) is 2.78. The molecule has 1 saturated heterocycles. The van der Waals surface area contributed by atoms with Crippen molar-refractivity contribution in [1.82, 2.24) is 9.97 Å². The maximum Gasteiger partial charge on any atom is 0.266 e. The molecule has 0 bridgehead atoms. The maximum atomic E-state index is 12.3. The van der Waals surface area contributed by atoms with Crippen molar-refractivity contribution >= 4 is 5.95 Å². The van der Waals surface area contributed by atoms with Crippen molar-refractivity contribution in [3.8, 4) is 0 Å². The second-order valence-corrected chi connectivity index (χ2v) is 4.95. The fourth-order valence-electron chi connectivity index (χ4n) is 1.89. The van der Waals surface area contributed by atoms with Crippen molar-refractivity contribution in [2.45, 2.75) is 26.7 Å². The second kappa shape index (κ2) is 3.96. The van der Waals surface area contributed by atoms with Gasteiger partial charge < -0.3 is 4.90 Å². The highest BCUT2D eigenvalue weighted by atomic mass is 19.3. The van der Waals surface area contributed by atoms with Crippen LogP contribution in [0.1, 0.15) is 32.3 Å². The molecular weight excluding hydrogens is 212 g/mol. The summed E-state index contributed by atoms with van der Waals surface area (Å²) in [7, 11) is 0. The van der Waals surface area contributed by atoms with Gasteiger partial charge in [0.15, 0.2) is 0 Å². The first-order valence-corrected chi connectivity index (χ1v) is 5.33. The number of alkyl halides is 2. The van der Waals surface area contributed by atoms with E-state index in [1.165, 1.54) is 12.4 Å². The Morgan fingerprint density at radius 3 is 2.38 bits per heavy atom. The smallest absolute Gasteiger partial charge is 0.266 e. The molecule has 0 radical (unpaired) electrons. The van der Waals surface area contributed by atoms with Crippen LogP contribution in [0, 0.1) is 5.41 Å². The fourth-order valence-corrected chi connectivity index (χ4v) is 1.89. The van der Waals surface area contributed by atoms with Gasteiger partial charge in [0, 0.05) is 25.5 Å². The molecule has 16 heavy (non-hydrogen) atoms. The van der Waals surface area contributed by atoms with Crippen LogP contribution < -0.4 is 4.90 Å². The summed E-state index contributed by atoms with van der Waals surface area (Å²) in [5, 5.41) is 0. The third-order valence-corrected chi connectivity index (χ3v) is 2.87. The van der Waals surface area contributed by atoms with E-state index in [-0.39, 0.29) is 11.0 Å². The molecule has 1 aromatic rings. The molecule has 0 atom stereocenters. The number of nitrogens with zero attached hydrogens (tertiary/aromatic N) is 3. The average molecular weight is 227 g/mol. The van der Waals surface area contributed by atoms with Gasteiger partial charge in [-0.15, -0.1) is 0 Å². The van der Waals surface area contributed by atoms with Crippen LogP contribution in [0.25, 0.3) is 0 Å². The maximum absolute atomic E-state index is 12.3.